The molecule has 0 aliphatic carbocycles. The molecule has 0 spiro atoms. The van der Waals surface area contributed by atoms with Gasteiger partial charge in [-0.05, 0) is 33.6 Å². The van der Waals surface area contributed by atoms with Crippen molar-refractivity contribution in [2.45, 2.75) is 45.6 Å². The number of carbonyl (C=O) groups excluding carboxylic acids is 1. The van der Waals surface area contributed by atoms with Gasteiger partial charge in [-0.1, -0.05) is 5.16 Å². The topological polar surface area (TPSA) is 97.0 Å². The van der Waals surface area contributed by atoms with Crippen molar-refractivity contribution in [2.24, 2.45) is 0 Å². The summed E-state index contributed by atoms with van der Waals surface area (Å²) in [6.45, 7) is 7.35. The average molecular weight is 413 g/mol. The number of hydrogen-bond donors (Lipinski definition) is 1. The summed E-state index contributed by atoms with van der Waals surface area (Å²) < 4.78 is 5.49. The lowest BCUT2D eigenvalue weighted by molar-refractivity contribution is 0.0707. The Kier molecular flexibility index (Phi) is 5.57. The molecule has 3 aromatic heterocycles. The average Bonchev–Trinajstić information content (AvgIpc) is 3.39. The number of aryl methyl sites for hydroxylation is 1. The lowest BCUT2D eigenvalue weighted by Gasteiger charge is -2.32. The van der Waals surface area contributed by atoms with Gasteiger partial charge in [-0.2, -0.15) is 0 Å². The number of anilines is 1. The fourth-order valence-electron chi connectivity index (χ4n) is 3.55. The quantitative estimate of drug-likeness (QED) is 0.682. The van der Waals surface area contributed by atoms with Crippen LogP contribution in [0.5, 0.6) is 0 Å². The lowest BCUT2D eigenvalue weighted by Crippen LogP contribution is -2.38. The molecule has 152 valence electrons. The Hall–Kier alpha value is -2.81. The summed E-state index contributed by atoms with van der Waals surface area (Å²) >= 11 is 1.44. The van der Waals surface area contributed by atoms with E-state index < -0.39 is 0 Å². The lowest BCUT2D eigenvalue weighted by atomic mass is 9.90. The van der Waals surface area contributed by atoms with E-state index in [0.29, 0.717) is 30.5 Å². The molecular weight excluding hydrogens is 388 g/mol. The monoisotopic (exact) mass is 412 g/mol. The third-order valence-electron chi connectivity index (χ3n) is 4.95. The van der Waals surface area contributed by atoms with Gasteiger partial charge in [0.1, 0.15) is 5.69 Å². The molecule has 1 fully saturated rings. The number of likely N-dealkylation sites (tertiary alicyclic amines) is 1. The zero-order valence-corrected chi connectivity index (χ0v) is 17.6. The van der Waals surface area contributed by atoms with Crippen LogP contribution in [0.25, 0.3) is 11.3 Å². The van der Waals surface area contributed by atoms with E-state index >= 15 is 0 Å². The molecule has 0 saturated carbocycles. The van der Waals surface area contributed by atoms with E-state index in [-0.39, 0.29) is 17.9 Å². The normalized spacial score (nSPS) is 15.1. The maximum atomic E-state index is 12.6. The van der Waals surface area contributed by atoms with Gasteiger partial charge in [-0.15, -0.1) is 11.3 Å². The number of nitrogens with zero attached hydrogens (tertiary/aromatic N) is 5. The van der Waals surface area contributed by atoms with Crippen LogP contribution in [0.4, 0.5) is 5.95 Å². The third-order valence-corrected chi connectivity index (χ3v) is 5.54. The molecule has 29 heavy (non-hydrogen) atoms. The van der Waals surface area contributed by atoms with Gasteiger partial charge in [0, 0.05) is 42.7 Å². The highest BCUT2D eigenvalue weighted by Crippen LogP contribution is 2.35. The highest BCUT2D eigenvalue weighted by atomic mass is 32.1. The highest BCUT2D eigenvalue weighted by Gasteiger charge is 2.29. The zero-order valence-electron chi connectivity index (χ0n) is 16.8. The van der Waals surface area contributed by atoms with Crippen molar-refractivity contribution in [3.05, 3.63) is 40.2 Å². The molecule has 1 aliphatic rings. The van der Waals surface area contributed by atoms with Gasteiger partial charge in [0.15, 0.2) is 5.76 Å². The van der Waals surface area contributed by atoms with E-state index in [2.05, 4.69) is 34.3 Å². The molecule has 4 rings (SSSR count). The van der Waals surface area contributed by atoms with E-state index in [1.165, 1.54) is 11.3 Å². The van der Waals surface area contributed by atoms with Gasteiger partial charge in [0.25, 0.3) is 5.91 Å². The molecule has 1 N–H and O–H groups in total. The second-order valence-corrected chi connectivity index (χ2v) is 8.28. The van der Waals surface area contributed by atoms with Gasteiger partial charge in [-0.25, -0.2) is 15.0 Å². The van der Waals surface area contributed by atoms with E-state index in [1.54, 1.807) is 17.1 Å². The molecule has 0 bridgehead atoms. The van der Waals surface area contributed by atoms with Gasteiger partial charge in [0.05, 0.1) is 22.5 Å². The first-order chi connectivity index (χ1) is 14.0. The summed E-state index contributed by atoms with van der Waals surface area (Å²) in [5.74, 6) is 1.50. The van der Waals surface area contributed by atoms with Crippen LogP contribution >= 0.6 is 11.3 Å². The zero-order chi connectivity index (χ0) is 20.4. The largest absolute Gasteiger partial charge is 0.356 e. The molecule has 8 nitrogen and oxygen atoms in total. The summed E-state index contributed by atoms with van der Waals surface area (Å²) in [7, 11) is 0. The Morgan fingerprint density at radius 2 is 2.10 bits per heavy atom. The minimum absolute atomic E-state index is 0.000587. The number of carbonyl (C=O) groups is 1. The first-order valence-corrected chi connectivity index (χ1v) is 10.7. The molecule has 0 unspecified atom stereocenters. The van der Waals surface area contributed by atoms with Crippen LogP contribution in [0, 0.1) is 6.92 Å². The van der Waals surface area contributed by atoms with E-state index in [4.69, 9.17) is 9.51 Å². The summed E-state index contributed by atoms with van der Waals surface area (Å²) in [6, 6.07) is 2.14. The van der Waals surface area contributed by atoms with E-state index in [9.17, 15) is 4.79 Å². The Labute approximate surface area is 173 Å². The molecule has 0 radical (unpaired) electrons. The van der Waals surface area contributed by atoms with Crippen LogP contribution in [-0.2, 0) is 0 Å². The Bertz CT molecular complexity index is 977. The number of piperidine rings is 1. The van der Waals surface area contributed by atoms with Crippen molar-refractivity contribution < 1.29 is 9.32 Å². The summed E-state index contributed by atoms with van der Waals surface area (Å²) in [5, 5.41) is 9.08. The molecule has 1 aliphatic heterocycles. The van der Waals surface area contributed by atoms with Crippen LogP contribution in [-0.4, -0.2) is 50.0 Å². The Morgan fingerprint density at radius 3 is 2.72 bits per heavy atom. The van der Waals surface area contributed by atoms with Crippen molar-refractivity contribution >= 4 is 23.2 Å². The minimum atomic E-state index is 0.000587. The molecule has 1 saturated heterocycles. The molecule has 4 heterocycles. The molecule has 9 heteroatoms. The standard InChI is InChI=1S/C20H24N6O2S/c1-12(2)23-20-21-9-15(17-8-13(3)25-28-17)18(24-20)14-4-6-26(7-5-14)19(27)16-10-29-11-22-16/h8-12,14H,4-7H2,1-3H3,(H,21,23,24). The fourth-order valence-corrected chi connectivity index (χ4v) is 4.08. The number of hydrogen-bond acceptors (Lipinski definition) is 8. The van der Waals surface area contributed by atoms with Crippen molar-refractivity contribution in [3.63, 3.8) is 0 Å². The predicted octanol–water partition coefficient (Wildman–Crippen LogP) is 3.74. The van der Waals surface area contributed by atoms with E-state index in [1.807, 2.05) is 17.9 Å². The highest BCUT2D eigenvalue weighted by molar-refractivity contribution is 7.07. The first-order valence-electron chi connectivity index (χ1n) is 9.76. The first kappa shape index (κ1) is 19.5. The minimum Gasteiger partial charge on any atom is -0.356 e. The van der Waals surface area contributed by atoms with Gasteiger partial charge in [-0.3, -0.25) is 4.79 Å². The Balaban J connectivity index is 1.57. The van der Waals surface area contributed by atoms with Crippen LogP contribution in [0.15, 0.2) is 27.7 Å². The van der Waals surface area contributed by atoms with Crippen molar-refractivity contribution in [1.29, 1.82) is 0 Å². The van der Waals surface area contributed by atoms with Crippen LogP contribution in [0.3, 0.4) is 0 Å². The van der Waals surface area contributed by atoms with Crippen LogP contribution in [0.1, 0.15) is 54.5 Å². The second kappa shape index (κ2) is 8.28. The molecular formula is C20H24N6O2S. The molecule has 3 aromatic rings. The third kappa shape index (κ3) is 4.29. The predicted molar refractivity (Wildman–Crippen MR) is 111 cm³/mol. The van der Waals surface area contributed by atoms with Gasteiger partial charge in [0.2, 0.25) is 5.95 Å². The number of nitrogens with one attached hydrogen (secondary N) is 1. The Morgan fingerprint density at radius 1 is 1.31 bits per heavy atom. The molecule has 0 aromatic carbocycles. The summed E-state index contributed by atoms with van der Waals surface area (Å²) in [5.41, 5.74) is 4.84. The number of thiazole rings is 1. The maximum absolute atomic E-state index is 12.6. The van der Waals surface area contributed by atoms with Crippen molar-refractivity contribution in [2.75, 3.05) is 18.4 Å². The smallest absolute Gasteiger partial charge is 0.273 e. The number of aromatic nitrogens is 4. The summed E-state index contributed by atoms with van der Waals surface area (Å²) in [4.78, 5) is 27.9. The molecule has 0 atom stereocenters. The van der Waals surface area contributed by atoms with Crippen molar-refractivity contribution in [3.8, 4) is 11.3 Å². The van der Waals surface area contributed by atoms with Gasteiger partial charge >= 0.3 is 0 Å². The number of rotatable bonds is 5. The van der Waals surface area contributed by atoms with E-state index in [0.717, 1.165) is 29.8 Å². The molecule has 1 amide bonds. The second-order valence-electron chi connectivity index (χ2n) is 7.56. The SMILES string of the molecule is Cc1cc(-c2cnc(NC(C)C)nc2C2CCN(C(=O)c3cscn3)CC2)on1. The van der Waals surface area contributed by atoms with Gasteiger partial charge < -0.3 is 14.7 Å². The summed E-state index contributed by atoms with van der Waals surface area (Å²) in [6.07, 6.45) is 3.46. The number of amides is 1. The fraction of sp³-hybridized carbons (Fsp3) is 0.450. The maximum Gasteiger partial charge on any atom is 0.273 e. The van der Waals surface area contributed by atoms with Crippen molar-refractivity contribution in [1.82, 2.24) is 25.0 Å². The van der Waals surface area contributed by atoms with Crippen LogP contribution < -0.4 is 5.32 Å². The van der Waals surface area contributed by atoms with Crippen LogP contribution in [0.2, 0.25) is 0 Å².